The third kappa shape index (κ3) is 2.39. The first kappa shape index (κ1) is 10.7. The van der Waals surface area contributed by atoms with Gasteiger partial charge in [-0.15, -0.1) is 0 Å². The Labute approximate surface area is 95.7 Å². The van der Waals surface area contributed by atoms with Crippen molar-refractivity contribution in [3.05, 3.63) is 42.2 Å². The highest BCUT2D eigenvalue weighted by Crippen LogP contribution is 2.15. The Morgan fingerprint density at radius 1 is 1.31 bits per heavy atom. The van der Waals surface area contributed by atoms with E-state index in [0.717, 1.165) is 24.0 Å². The highest BCUT2D eigenvalue weighted by Gasteiger charge is 1.96. The molecule has 2 rings (SSSR count). The lowest BCUT2D eigenvalue weighted by atomic mass is 10.1. The quantitative estimate of drug-likeness (QED) is 0.607. The molecule has 1 heterocycles. The first-order chi connectivity index (χ1) is 7.92. The van der Waals surface area contributed by atoms with Crippen LogP contribution in [0.15, 0.2) is 36.7 Å². The van der Waals surface area contributed by atoms with Crippen molar-refractivity contribution in [2.45, 2.75) is 6.92 Å². The van der Waals surface area contributed by atoms with Crippen LogP contribution in [-0.2, 0) is 0 Å². The van der Waals surface area contributed by atoms with Crippen LogP contribution in [0.3, 0.4) is 0 Å². The Bertz CT molecular complexity index is 530. The summed E-state index contributed by atoms with van der Waals surface area (Å²) < 4.78 is 0. The second-order valence-corrected chi connectivity index (χ2v) is 3.48. The van der Waals surface area contributed by atoms with Gasteiger partial charge in [0.25, 0.3) is 0 Å². The van der Waals surface area contributed by atoms with Crippen LogP contribution in [0.25, 0.3) is 10.8 Å². The zero-order valence-corrected chi connectivity index (χ0v) is 9.33. The van der Waals surface area contributed by atoms with E-state index < -0.39 is 0 Å². The van der Waals surface area contributed by atoms with E-state index in [4.69, 9.17) is 0 Å². The number of pyridine rings is 1. The maximum absolute atomic E-state index is 4.13. The summed E-state index contributed by atoms with van der Waals surface area (Å²) >= 11 is 0. The third-order valence-corrected chi connectivity index (χ3v) is 2.37. The van der Waals surface area contributed by atoms with Gasteiger partial charge in [-0.05, 0) is 24.1 Å². The van der Waals surface area contributed by atoms with E-state index in [1.807, 2.05) is 24.4 Å². The topological polar surface area (TPSA) is 24.9 Å². The minimum Gasteiger partial charge on any atom is -0.306 e. The summed E-state index contributed by atoms with van der Waals surface area (Å²) in [6, 6.07) is 8.14. The maximum Gasteiger partial charge on any atom is 0.0580 e. The van der Waals surface area contributed by atoms with Gasteiger partial charge in [-0.3, -0.25) is 4.98 Å². The van der Waals surface area contributed by atoms with Gasteiger partial charge in [0.15, 0.2) is 0 Å². The molecule has 0 atom stereocenters. The number of nitrogens with zero attached hydrogens (tertiary/aromatic N) is 1. The van der Waals surface area contributed by atoms with Crippen LogP contribution in [0.2, 0.25) is 0 Å². The first-order valence-electron chi connectivity index (χ1n) is 5.44. The van der Waals surface area contributed by atoms with Crippen molar-refractivity contribution in [2.24, 2.45) is 0 Å². The van der Waals surface area contributed by atoms with Gasteiger partial charge in [0.2, 0.25) is 0 Å². The van der Waals surface area contributed by atoms with Crippen LogP contribution in [0, 0.1) is 11.8 Å². The molecule has 0 saturated carbocycles. The molecule has 0 aliphatic carbocycles. The van der Waals surface area contributed by atoms with E-state index in [0.29, 0.717) is 0 Å². The molecule has 2 heteroatoms. The van der Waals surface area contributed by atoms with E-state index in [1.54, 1.807) is 6.20 Å². The first-order valence-corrected chi connectivity index (χ1v) is 5.44. The summed E-state index contributed by atoms with van der Waals surface area (Å²) in [5.74, 6) is 6.28. The molecular weight excluding hydrogens is 196 g/mol. The molecule has 2 nitrogen and oxygen atoms in total. The van der Waals surface area contributed by atoms with Crippen molar-refractivity contribution in [3.63, 3.8) is 0 Å². The van der Waals surface area contributed by atoms with Gasteiger partial charge in [0, 0.05) is 23.3 Å². The van der Waals surface area contributed by atoms with E-state index >= 15 is 0 Å². The Balaban J connectivity index is 2.32. The average Bonchev–Trinajstić information content (AvgIpc) is 2.35. The molecule has 0 unspecified atom stereocenters. The van der Waals surface area contributed by atoms with Gasteiger partial charge < -0.3 is 5.32 Å². The van der Waals surface area contributed by atoms with Crippen molar-refractivity contribution in [2.75, 3.05) is 13.1 Å². The highest BCUT2D eigenvalue weighted by molar-refractivity contribution is 5.87. The van der Waals surface area contributed by atoms with Gasteiger partial charge in [-0.2, -0.15) is 0 Å². The molecule has 16 heavy (non-hydrogen) atoms. The van der Waals surface area contributed by atoms with Crippen molar-refractivity contribution in [1.29, 1.82) is 0 Å². The van der Waals surface area contributed by atoms with Crippen LogP contribution < -0.4 is 5.32 Å². The van der Waals surface area contributed by atoms with Crippen LogP contribution in [-0.4, -0.2) is 18.1 Å². The van der Waals surface area contributed by atoms with Gasteiger partial charge in [-0.25, -0.2) is 0 Å². The van der Waals surface area contributed by atoms with Gasteiger partial charge in [0.1, 0.15) is 0 Å². The number of aromatic nitrogens is 1. The molecule has 0 saturated heterocycles. The molecule has 0 aliphatic rings. The molecule has 0 aliphatic heterocycles. The van der Waals surface area contributed by atoms with Crippen LogP contribution in [0.4, 0.5) is 0 Å². The summed E-state index contributed by atoms with van der Waals surface area (Å²) in [5, 5.41) is 5.48. The number of hydrogen-bond donors (Lipinski definition) is 1. The van der Waals surface area contributed by atoms with E-state index in [1.165, 1.54) is 5.39 Å². The van der Waals surface area contributed by atoms with Gasteiger partial charge >= 0.3 is 0 Å². The number of nitrogens with one attached hydrogen (secondary N) is 1. The molecule has 0 radical (unpaired) electrons. The molecular formula is C14H14N2. The molecule has 1 aromatic carbocycles. The molecule has 2 aromatic rings. The Morgan fingerprint density at radius 2 is 2.25 bits per heavy atom. The summed E-state index contributed by atoms with van der Waals surface area (Å²) in [6.45, 7) is 3.75. The van der Waals surface area contributed by atoms with Crippen LogP contribution >= 0.6 is 0 Å². The fourth-order valence-corrected chi connectivity index (χ4v) is 1.55. The monoisotopic (exact) mass is 210 g/mol. The Hall–Kier alpha value is -1.85. The summed E-state index contributed by atoms with van der Waals surface area (Å²) in [6.07, 6.45) is 3.67. The van der Waals surface area contributed by atoms with Crippen LogP contribution in [0.1, 0.15) is 12.5 Å². The van der Waals surface area contributed by atoms with Crippen LogP contribution in [0.5, 0.6) is 0 Å². The standard InChI is InChI=1S/C14H14N2/c1-2-15-9-4-7-12-5-3-6-13-8-10-16-11-14(12)13/h3,5-6,8,10-11,15H,2,9H2,1H3. The number of rotatable bonds is 2. The largest absolute Gasteiger partial charge is 0.306 e. The average molecular weight is 210 g/mol. The molecule has 80 valence electrons. The zero-order valence-electron chi connectivity index (χ0n) is 9.33. The lowest BCUT2D eigenvalue weighted by Crippen LogP contribution is -2.11. The molecule has 1 aromatic heterocycles. The summed E-state index contributed by atoms with van der Waals surface area (Å²) in [7, 11) is 0. The maximum atomic E-state index is 4.13. The summed E-state index contributed by atoms with van der Waals surface area (Å²) in [5.41, 5.74) is 1.04. The lowest BCUT2D eigenvalue weighted by Gasteiger charge is -1.98. The Kier molecular flexibility index (Phi) is 3.53. The predicted octanol–water partition coefficient (Wildman–Crippen LogP) is 2.20. The van der Waals surface area contributed by atoms with E-state index in [-0.39, 0.29) is 0 Å². The van der Waals surface area contributed by atoms with Gasteiger partial charge in [0.05, 0.1) is 6.54 Å². The van der Waals surface area contributed by atoms with Crippen molar-refractivity contribution in [1.82, 2.24) is 10.3 Å². The zero-order chi connectivity index (χ0) is 11.2. The smallest absolute Gasteiger partial charge is 0.0580 e. The third-order valence-electron chi connectivity index (χ3n) is 2.37. The molecule has 0 spiro atoms. The highest BCUT2D eigenvalue weighted by atomic mass is 14.8. The number of benzene rings is 1. The molecule has 0 fully saturated rings. The lowest BCUT2D eigenvalue weighted by molar-refractivity contribution is 0.811. The van der Waals surface area contributed by atoms with Crippen molar-refractivity contribution in [3.8, 4) is 11.8 Å². The molecule has 1 N–H and O–H groups in total. The number of fused-ring (bicyclic) bond motifs is 1. The minimum absolute atomic E-state index is 0.729. The van der Waals surface area contributed by atoms with E-state index in [9.17, 15) is 0 Å². The summed E-state index contributed by atoms with van der Waals surface area (Å²) in [4.78, 5) is 4.13. The fraction of sp³-hybridized carbons (Fsp3) is 0.214. The second-order valence-electron chi connectivity index (χ2n) is 3.48. The molecule has 0 amide bonds. The van der Waals surface area contributed by atoms with E-state index in [2.05, 4.69) is 35.1 Å². The SMILES string of the molecule is CCNCC#Cc1cccc2ccncc12. The normalized spacial score (nSPS) is 9.81. The minimum atomic E-state index is 0.729. The predicted molar refractivity (Wildman–Crippen MR) is 67.2 cm³/mol. The number of hydrogen-bond acceptors (Lipinski definition) is 2. The van der Waals surface area contributed by atoms with Crippen molar-refractivity contribution >= 4 is 10.8 Å². The Morgan fingerprint density at radius 3 is 3.12 bits per heavy atom. The fourth-order valence-electron chi connectivity index (χ4n) is 1.55. The van der Waals surface area contributed by atoms with Gasteiger partial charge in [-0.1, -0.05) is 30.9 Å². The van der Waals surface area contributed by atoms with Crippen molar-refractivity contribution < 1.29 is 0 Å². The molecule has 0 bridgehead atoms. The second kappa shape index (κ2) is 5.29.